The van der Waals surface area contributed by atoms with Crippen LogP contribution in [0.5, 0.6) is 0 Å². The van der Waals surface area contributed by atoms with E-state index in [0.717, 1.165) is 38.8 Å². The van der Waals surface area contributed by atoms with E-state index in [4.69, 9.17) is 4.84 Å². The first kappa shape index (κ1) is 12.8. The molecule has 0 aromatic carbocycles. The van der Waals surface area contributed by atoms with Gasteiger partial charge in [0.2, 0.25) is 5.91 Å². The minimum atomic E-state index is 0.185. The summed E-state index contributed by atoms with van der Waals surface area (Å²) in [4.78, 5) is 19.4. The van der Waals surface area contributed by atoms with Crippen LogP contribution in [0.4, 0.5) is 0 Å². The smallest absolute Gasteiger partial charge is 0.238 e. The SMILES string of the molecule is O=C(CNOC1CCCC1)N1CCCCCC1. The highest BCUT2D eigenvalue weighted by atomic mass is 16.7. The van der Waals surface area contributed by atoms with Crippen molar-refractivity contribution in [2.75, 3.05) is 19.6 Å². The minimum Gasteiger partial charge on any atom is -0.342 e. The summed E-state index contributed by atoms with van der Waals surface area (Å²) in [5.74, 6) is 0.185. The zero-order valence-electron chi connectivity index (χ0n) is 10.6. The standard InChI is InChI=1S/C13H24N2O2/c16-13(15-9-5-1-2-6-10-15)11-14-17-12-7-3-4-8-12/h12,14H,1-11H2. The van der Waals surface area contributed by atoms with E-state index in [1.807, 2.05) is 4.90 Å². The number of hydroxylamine groups is 1. The molecule has 0 aromatic heterocycles. The average Bonchev–Trinajstić information content (AvgIpc) is 2.69. The van der Waals surface area contributed by atoms with E-state index in [9.17, 15) is 4.79 Å². The molecule has 4 nitrogen and oxygen atoms in total. The first-order valence-electron chi connectivity index (χ1n) is 7.02. The fourth-order valence-corrected chi connectivity index (χ4v) is 2.66. The second kappa shape index (κ2) is 6.97. The number of nitrogens with zero attached hydrogens (tertiary/aromatic N) is 1. The molecule has 0 aromatic rings. The molecule has 98 valence electrons. The molecule has 1 saturated carbocycles. The molecule has 1 aliphatic carbocycles. The molecule has 1 saturated heterocycles. The molecule has 1 aliphatic heterocycles. The maximum Gasteiger partial charge on any atom is 0.238 e. The third kappa shape index (κ3) is 4.28. The van der Waals surface area contributed by atoms with Crippen molar-refractivity contribution in [2.45, 2.75) is 57.5 Å². The Bertz CT molecular complexity index is 232. The Morgan fingerprint density at radius 1 is 1.06 bits per heavy atom. The number of hydrogen-bond donors (Lipinski definition) is 1. The van der Waals surface area contributed by atoms with Gasteiger partial charge in [-0.25, -0.2) is 0 Å². The highest BCUT2D eigenvalue weighted by Gasteiger charge is 2.18. The summed E-state index contributed by atoms with van der Waals surface area (Å²) in [6.45, 7) is 2.17. The maximum absolute atomic E-state index is 11.9. The number of hydrogen-bond acceptors (Lipinski definition) is 3. The van der Waals surface area contributed by atoms with Gasteiger partial charge in [0, 0.05) is 13.1 Å². The Balaban J connectivity index is 1.61. The van der Waals surface area contributed by atoms with Crippen molar-refractivity contribution >= 4 is 5.91 Å². The Kier molecular flexibility index (Phi) is 5.26. The highest BCUT2D eigenvalue weighted by molar-refractivity contribution is 5.78. The van der Waals surface area contributed by atoms with Gasteiger partial charge in [-0.15, -0.1) is 0 Å². The van der Waals surface area contributed by atoms with Gasteiger partial charge in [-0.2, -0.15) is 5.48 Å². The van der Waals surface area contributed by atoms with Gasteiger partial charge >= 0.3 is 0 Å². The van der Waals surface area contributed by atoms with Crippen LogP contribution in [0.2, 0.25) is 0 Å². The van der Waals surface area contributed by atoms with E-state index in [-0.39, 0.29) is 5.91 Å². The van der Waals surface area contributed by atoms with Crippen LogP contribution in [0.1, 0.15) is 51.4 Å². The minimum absolute atomic E-state index is 0.185. The van der Waals surface area contributed by atoms with Crippen LogP contribution in [0.3, 0.4) is 0 Å². The summed E-state index contributed by atoms with van der Waals surface area (Å²) in [5.41, 5.74) is 2.85. The predicted molar refractivity (Wildman–Crippen MR) is 66.4 cm³/mol. The number of carbonyl (C=O) groups excluding carboxylic acids is 1. The van der Waals surface area contributed by atoms with Crippen LogP contribution in [0.25, 0.3) is 0 Å². The van der Waals surface area contributed by atoms with Gasteiger partial charge < -0.3 is 4.90 Å². The van der Waals surface area contributed by atoms with Gasteiger partial charge in [0.25, 0.3) is 0 Å². The Morgan fingerprint density at radius 2 is 1.71 bits per heavy atom. The molecule has 2 aliphatic rings. The molecule has 17 heavy (non-hydrogen) atoms. The molecule has 2 rings (SSSR count). The van der Waals surface area contributed by atoms with E-state index >= 15 is 0 Å². The van der Waals surface area contributed by atoms with E-state index in [1.165, 1.54) is 25.7 Å². The van der Waals surface area contributed by atoms with Gasteiger partial charge in [-0.1, -0.05) is 25.7 Å². The normalized spacial score (nSPS) is 22.7. The number of likely N-dealkylation sites (tertiary alicyclic amines) is 1. The fraction of sp³-hybridized carbons (Fsp3) is 0.923. The van der Waals surface area contributed by atoms with Gasteiger partial charge in [0.15, 0.2) is 0 Å². The van der Waals surface area contributed by atoms with E-state index in [1.54, 1.807) is 0 Å². The van der Waals surface area contributed by atoms with Gasteiger partial charge in [-0.05, 0) is 25.7 Å². The number of amides is 1. The first-order valence-corrected chi connectivity index (χ1v) is 7.02. The molecule has 0 unspecified atom stereocenters. The second-order valence-electron chi connectivity index (χ2n) is 5.14. The summed E-state index contributed by atoms with van der Waals surface area (Å²) < 4.78 is 0. The molecule has 0 atom stereocenters. The quantitative estimate of drug-likeness (QED) is 0.763. The molecule has 1 amide bonds. The van der Waals surface area contributed by atoms with Crippen LogP contribution in [0, 0.1) is 0 Å². The third-order valence-corrected chi connectivity index (χ3v) is 3.73. The lowest BCUT2D eigenvalue weighted by atomic mass is 10.2. The van der Waals surface area contributed by atoms with Crippen molar-refractivity contribution in [3.8, 4) is 0 Å². The fourth-order valence-electron chi connectivity index (χ4n) is 2.66. The molecule has 1 N–H and O–H groups in total. The predicted octanol–water partition coefficient (Wildman–Crippen LogP) is 1.85. The maximum atomic E-state index is 11.9. The van der Waals surface area contributed by atoms with Crippen molar-refractivity contribution in [1.82, 2.24) is 10.4 Å². The van der Waals surface area contributed by atoms with Crippen molar-refractivity contribution < 1.29 is 9.63 Å². The monoisotopic (exact) mass is 240 g/mol. The third-order valence-electron chi connectivity index (χ3n) is 3.73. The van der Waals surface area contributed by atoms with Crippen LogP contribution < -0.4 is 5.48 Å². The molecule has 2 fully saturated rings. The van der Waals surface area contributed by atoms with Crippen LogP contribution in [-0.4, -0.2) is 36.5 Å². The first-order chi connectivity index (χ1) is 8.36. The highest BCUT2D eigenvalue weighted by Crippen LogP contribution is 2.19. The summed E-state index contributed by atoms with van der Waals surface area (Å²) in [6.07, 6.45) is 9.91. The summed E-state index contributed by atoms with van der Waals surface area (Å²) in [5, 5.41) is 0. The Morgan fingerprint density at radius 3 is 2.35 bits per heavy atom. The van der Waals surface area contributed by atoms with Crippen molar-refractivity contribution in [3.63, 3.8) is 0 Å². The number of rotatable bonds is 4. The molecule has 0 radical (unpaired) electrons. The Hall–Kier alpha value is -0.610. The largest absolute Gasteiger partial charge is 0.342 e. The lowest BCUT2D eigenvalue weighted by molar-refractivity contribution is -0.134. The molecular weight excluding hydrogens is 216 g/mol. The summed E-state index contributed by atoms with van der Waals surface area (Å²) >= 11 is 0. The lowest BCUT2D eigenvalue weighted by Gasteiger charge is -2.21. The molecule has 4 heteroatoms. The lowest BCUT2D eigenvalue weighted by Crippen LogP contribution is -2.39. The molecule has 0 spiro atoms. The second-order valence-corrected chi connectivity index (χ2v) is 5.14. The topological polar surface area (TPSA) is 41.6 Å². The zero-order chi connectivity index (χ0) is 11.9. The van der Waals surface area contributed by atoms with Gasteiger partial charge in [0.1, 0.15) is 6.54 Å². The van der Waals surface area contributed by atoms with E-state index in [0.29, 0.717) is 12.6 Å². The average molecular weight is 240 g/mol. The van der Waals surface area contributed by atoms with Crippen molar-refractivity contribution in [3.05, 3.63) is 0 Å². The van der Waals surface area contributed by atoms with Crippen molar-refractivity contribution in [2.24, 2.45) is 0 Å². The molecule has 0 bridgehead atoms. The van der Waals surface area contributed by atoms with Gasteiger partial charge in [0.05, 0.1) is 6.10 Å². The summed E-state index contributed by atoms with van der Waals surface area (Å²) in [6, 6.07) is 0. The van der Waals surface area contributed by atoms with Crippen molar-refractivity contribution in [1.29, 1.82) is 0 Å². The van der Waals surface area contributed by atoms with E-state index < -0.39 is 0 Å². The van der Waals surface area contributed by atoms with Crippen LogP contribution >= 0.6 is 0 Å². The summed E-state index contributed by atoms with van der Waals surface area (Å²) in [7, 11) is 0. The van der Waals surface area contributed by atoms with Crippen LogP contribution in [0.15, 0.2) is 0 Å². The Labute approximate surface area is 104 Å². The molecular formula is C13H24N2O2. The molecule has 1 heterocycles. The zero-order valence-corrected chi connectivity index (χ0v) is 10.6. The van der Waals surface area contributed by atoms with Crippen LogP contribution in [-0.2, 0) is 9.63 Å². The van der Waals surface area contributed by atoms with Gasteiger partial charge in [-0.3, -0.25) is 9.63 Å². The number of carbonyl (C=O) groups is 1. The number of nitrogens with one attached hydrogen (secondary N) is 1. The van der Waals surface area contributed by atoms with E-state index in [2.05, 4.69) is 5.48 Å².